The predicted molar refractivity (Wildman–Crippen MR) is 48.7 cm³/mol. The molecule has 1 aromatic rings. The molecule has 3 nitrogen and oxygen atoms in total. The first kappa shape index (κ1) is 13.4. The number of carboxylic acids is 1. The van der Waals surface area contributed by atoms with E-state index in [0.29, 0.717) is 12.1 Å². The number of hydrogen-bond acceptors (Lipinski definition) is 2. The number of aliphatic hydroxyl groups is 1. The summed E-state index contributed by atoms with van der Waals surface area (Å²) in [5.41, 5.74) is -1.45. The maximum absolute atomic E-state index is 13.0. The molecule has 94 valence electrons. The van der Waals surface area contributed by atoms with E-state index in [2.05, 4.69) is 0 Å². The Morgan fingerprint density at radius 3 is 2.35 bits per heavy atom. The number of hydrogen-bond donors (Lipinski definition) is 2. The second-order valence-corrected chi connectivity index (χ2v) is 3.37. The Balaban J connectivity index is 2.94. The van der Waals surface area contributed by atoms with Crippen LogP contribution in [-0.2, 0) is 17.4 Å². The van der Waals surface area contributed by atoms with Gasteiger partial charge in [-0.1, -0.05) is 6.07 Å². The molecular formula is C10H8F4O3. The van der Waals surface area contributed by atoms with Crippen LogP contribution in [0.5, 0.6) is 0 Å². The Morgan fingerprint density at radius 2 is 1.94 bits per heavy atom. The van der Waals surface area contributed by atoms with E-state index in [4.69, 9.17) is 10.2 Å². The number of carbonyl (C=O) groups is 1. The summed E-state index contributed by atoms with van der Waals surface area (Å²) in [5, 5.41) is 17.3. The van der Waals surface area contributed by atoms with Crippen molar-refractivity contribution in [1.82, 2.24) is 0 Å². The zero-order valence-electron chi connectivity index (χ0n) is 8.33. The quantitative estimate of drug-likeness (QED) is 0.807. The van der Waals surface area contributed by atoms with Crippen LogP contribution in [0.4, 0.5) is 17.6 Å². The van der Waals surface area contributed by atoms with Crippen LogP contribution in [0.15, 0.2) is 18.2 Å². The molecule has 0 radical (unpaired) electrons. The van der Waals surface area contributed by atoms with Gasteiger partial charge < -0.3 is 10.2 Å². The molecule has 0 aliphatic carbocycles. The van der Waals surface area contributed by atoms with E-state index >= 15 is 0 Å². The number of rotatable bonds is 3. The van der Waals surface area contributed by atoms with Crippen molar-refractivity contribution in [2.45, 2.75) is 18.7 Å². The van der Waals surface area contributed by atoms with Crippen molar-refractivity contribution < 1.29 is 32.6 Å². The molecule has 0 heterocycles. The predicted octanol–water partition coefficient (Wildman–Crippen LogP) is 1.83. The minimum atomic E-state index is -4.80. The molecular weight excluding hydrogens is 244 g/mol. The maximum atomic E-state index is 13.0. The van der Waals surface area contributed by atoms with Crippen molar-refractivity contribution in [3.63, 3.8) is 0 Å². The van der Waals surface area contributed by atoms with E-state index < -0.39 is 36.1 Å². The Kier molecular flexibility index (Phi) is 3.72. The number of alkyl halides is 3. The van der Waals surface area contributed by atoms with Gasteiger partial charge in [0.25, 0.3) is 0 Å². The van der Waals surface area contributed by atoms with Crippen LogP contribution in [0.2, 0.25) is 0 Å². The van der Waals surface area contributed by atoms with E-state index in [0.717, 1.165) is 6.07 Å². The minimum absolute atomic E-state index is 0.0228. The lowest BCUT2D eigenvalue weighted by Gasteiger charge is -2.10. The van der Waals surface area contributed by atoms with Gasteiger partial charge in [-0.05, 0) is 17.7 Å². The monoisotopic (exact) mass is 252 g/mol. The van der Waals surface area contributed by atoms with E-state index in [9.17, 15) is 22.4 Å². The molecule has 7 heteroatoms. The van der Waals surface area contributed by atoms with Gasteiger partial charge in [-0.15, -0.1) is 0 Å². The van der Waals surface area contributed by atoms with Crippen LogP contribution in [-0.4, -0.2) is 22.3 Å². The molecule has 0 amide bonds. The summed E-state index contributed by atoms with van der Waals surface area (Å²) < 4.78 is 49.6. The zero-order valence-corrected chi connectivity index (χ0v) is 8.33. The van der Waals surface area contributed by atoms with Crippen molar-refractivity contribution in [2.75, 3.05) is 0 Å². The smallest absolute Gasteiger partial charge is 0.419 e. The normalized spacial score (nSPS) is 13.5. The van der Waals surface area contributed by atoms with Gasteiger partial charge in [0, 0.05) is 6.42 Å². The highest BCUT2D eigenvalue weighted by Crippen LogP contribution is 2.31. The van der Waals surface area contributed by atoms with E-state index in [-0.39, 0.29) is 5.56 Å². The van der Waals surface area contributed by atoms with E-state index in [1.165, 1.54) is 0 Å². The van der Waals surface area contributed by atoms with Gasteiger partial charge in [-0.3, -0.25) is 0 Å². The van der Waals surface area contributed by atoms with Crippen molar-refractivity contribution in [1.29, 1.82) is 0 Å². The molecule has 0 aliphatic rings. The Morgan fingerprint density at radius 1 is 1.35 bits per heavy atom. The van der Waals surface area contributed by atoms with Gasteiger partial charge >= 0.3 is 12.1 Å². The first-order chi connectivity index (χ1) is 7.71. The summed E-state index contributed by atoms with van der Waals surface area (Å²) >= 11 is 0. The van der Waals surface area contributed by atoms with Crippen LogP contribution in [0.25, 0.3) is 0 Å². The lowest BCUT2D eigenvalue weighted by atomic mass is 10.1. The topological polar surface area (TPSA) is 57.5 Å². The van der Waals surface area contributed by atoms with Crippen LogP contribution in [0.1, 0.15) is 11.1 Å². The van der Waals surface area contributed by atoms with Crippen molar-refractivity contribution in [2.24, 2.45) is 0 Å². The molecule has 0 fully saturated rings. The molecule has 0 spiro atoms. The summed E-state index contributed by atoms with van der Waals surface area (Å²) in [4.78, 5) is 10.3. The van der Waals surface area contributed by atoms with Crippen LogP contribution in [0, 0.1) is 5.82 Å². The Hall–Kier alpha value is -1.63. The van der Waals surface area contributed by atoms with Gasteiger partial charge in [-0.2, -0.15) is 13.2 Å². The molecule has 0 aliphatic heterocycles. The molecule has 1 atom stereocenters. The summed E-state index contributed by atoms with van der Waals surface area (Å²) in [7, 11) is 0. The summed E-state index contributed by atoms with van der Waals surface area (Å²) in [6.07, 6.45) is -7.02. The largest absolute Gasteiger partial charge is 0.479 e. The van der Waals surface area contributed by atoms with Crippen LogP contribution < -0.4 is 0 Å². The third-order valence-corrected chi connectivity index (χ3v) is 2.05. The van der Waals surface area contributed by atoms with Crippen molar-refractivity contribution in [3.8, 4) is 0 Å². The number of aliphatic hydroxyl groups excluding tert-OH is 1. The average molecular weight is 252 g/mol. The highest BCUT2D eigenvalue weighted by atomic mass is 19.4. The Labute approximate surface area is 93.3 Å². The van der Waals surface area contributed by atoms with Gasteiger partial charge in [0.15, 0.2) is 6.10 Å². The fourth-order valence-corrected chi connectivity index (χ4v) is 1.23. The van der Waals surface area contributed by atoms with Crippen LogP contribution in [0.3, 0.4) is 0 Å². The maximum Gasteiger partial charge on any atom is 0.419 e. The highest BCUT2D eigenvalue weighted by Gasteiger charge is 2.34. The molecule has 0 bridgehead atoms. The fourth-order valence-electron chi connectivity index (χ4n) is 1.23. The first-order valence-corrected chi connectivity index (χ1v) is 4.48. The van der Waals surface area contributed by atoms with Gasteiger partial charge in [-0.25, -0.2) is 9.18 Å². The summed E-state index contributed by atoms with van der Waals surface area (Å²) in [6.45, 7) is 0. The highest BCUT2D eigenvalue weighted by molar-refractivity contribution is 5.72. The molecule has 2 N–H and O–H groups in total. The number of carboxylic acid groups (broad SMARTS) is 1. The summed E-state index contributed by atoms with van der Waals surface area (Å²) in [6, 6.07) is 2.01. The number of benzene rings is 1. The van der Waals surface area contributed by atoms with Crippen molar-refractivity contribution in [3.05, 3.63) is 35.1 Å². The number of aliphatic carboxylic acids is 1. The molecule has 17 heavy (non-hydrogen) atoms. The molecule has 0 aromatic heterocycles. The number of halogens is 4. The third-order valence-electron chi connectivity index (χ3n) is 2.05. The Bertz CT molecular complexity index is 428. The molecule has 0 saturated carbocycles. The average Bonchev–Trinajstić information content (AvgIpc) is 2.15. The van der Waals surface area contributed by atoms with Crippen molar-refractivity contribution >= 4 is 5.97 Å². The lowest BCUT2D eigenvalue weighted by molar-refractivity contribution is -0.146. The summed E-state index contributed by atoms with van der Waals surface area (Å²) in [5.74, 6) is -3.02. The second-order valence-electron chi connectivity index (χ2n) is 3.37. The molecule has 0 saturated heterocycles. The fraction of sp³-hybridized carbons (Fsp3) is 0.300. The van der Waals surface area contributed by atoms with Crippen LogP contribution >= 0.6 is 0 Å². The molecule has 1 unspecified atom stereocenters. The van der Waals surface area contributed by atoms with E-state index in [1.807, 2.05) is 0 Å². The second kappa shape index (κ2) is 4.70. The lowest BCUT2D eigenvalue weighted by Crippen LogP contribution is -2.22. The zero-order chi connectivity index (χ0) is 13.2. The van der Waals surface area contributed by atoms with Gasteiger partial charge in [0.05, 0.1) is 5.56 Å². The van der Waals surface area contributed by atoms with E-state index in [1.54, 1.807) is 0 Å². The molecule has 1 rings (SSSR count). The standard InChI is InChI=1S/C10H8F4O3/c11-7-3-5(4-8(15)9(16)17)1-2-6(7)10(12,13)14/h1-3,8,15H,4H2,(H,16,17). The van der Waals surface area contributed by atoms with Gasteiger partial charge in [0.2, 0.25) is 0 Å². The molecule has 1 aromatic carbocycles. The minimum Gasteiger partial charge on any atom is -0.479 e. The third kappa shape index (κ3) is 3.42. The SMILES string of the molecule is O=C(O)C(O)Cc1ccc(C(F)(F)F)c(F)c1. The van der Waals surface area contributed by atoms with Gasteiger partial charge in [0.1, 0.15) is 5.82 Å². The first-order valence-electron chi connectivity index (χ1n) is 4.48.